The van der Waals surface area contributed by atoms with Gasteiger partial charge in [-0.3, -0.25) is 9.59 Å². The summed E-state index contributed by atoms with van der Waals surface area (Å²) in [4.78, 5) is 25.4. The standard InChI is InChI=1S/C22H24N4O4S/c1-14(2)25-31(29,30)19-12-10-17(11-13-19)23-22(28)21(27)20-15(3)24-26(16(20)4)18-8-6-5-7-9-18/h5-14,25H,1-4H3,(H,23,28). The number of Topliss-reactive ketones (excluding diaryl/α,β-unsaturated/α-hetero) is 1. The third-order valence-electron chi connectivity index (χ3n) is 4.54. The lowest BCUT2D eigenvalue weighted by Crippen LogP contribution is -2.30. The number of aryl methyl sites for hydroxylation is 1. The highest BCUT2D eigenvalue weighted by atomic mass is 32.2. The highest BCUT2D eigenvalue weighted by Gasteiger charge is 2.25. The molecule has 0 radical (unpaired) electrons. The molecule has 162 valence electrons. The van der Waals surface area contributed by atoms with Crippen molar-refractivity contribution in [2.45, 2.75) is 38.6 Å². The largest absolute Gasteiger partial charge is 0.319 e. The van der Waals surface area contributed by atoms with Crippen LogP contribution < -0.4 is 10.0 Å². The van der Waals surface area contributed by atoms with Crippen molar-refractivity contribution in [1.29, 1.82) is 0 Å². The van der Waals surface area contributed by atoms with Crippen molar-refractivity contribution in [1.82, 2.24) is 14.5 Å². The number of rotatable bonds is 7. The molecule has 1 amide bonds. The number of hydrogen-bond acceptors (Lipinski definition) is 5. The predicted octanol–water partition coefficient (Wildman–Crippen LogP) is 3.00. The summed E-state index contributed by atoms with van der Waals surface area (Å²) in [5, 5.41) is 6.92. The van der Waals surface area contributed by atoms with Gasteiger partial charge in [-0.1, -0.05) is 18.2 Å². The fourth-order valence-corrected chi connectivity index (χ4v) is 4.44. The number of nitrogens with zero attached hydrogens (tertiary/aromatic N) is 2. The van der Waals surface area contributed by atoms with Gasteiger partial charge in [0.1, 0.15) is 0 Å². The number of para-hydroxylation sites is 1. The monoisotopic (exact) mass is 440 g/mol. The Morgan fingerprint density at radius 1 is 0.968 bits per heavy atom. The van der Waals surface area contributed by atoms with Crippen LogP contribution >= 0.6 is 0 Å². The number of hydrogen-bond donors (Lipinski definition) is 2. The van der Waals surface area contributed by atoms with Gasteiger partial charge >= 0.3 is 0 Å². The third kappa shape index (κ3) is 4.89. The number of benzene rings is 2. The summed E-state index contributed by atoms with van der Waals surface area (Å²) in [6.45, 7) is 6.85. The molecule has 0 saturated carbocycles. The molecule has 0 fully saturated rings. The molecule has 0 aliphatic carbocycles. The number of carbonyl (C=O) groups excluding carboxylic acids is 2. The van der Waals surface area contributed by atoms with E-state index in [1.807, 2.05) is 30.3 Å². The van der Waals surface area contributed by atoms with Crippen LogP contribution in [0, 0.1) is 13.8 Å². The molecule has 1 aromatic heterocycles. The molecule has 3 aromatic rings. The fourth-order valence-electron chi connectivity index (χ4n) is 3.19. The van der Waals surface area contributed by atoms with E-state index >= 15 is 0 Å². The Kier molecular flexibility index (Phi) is 6.37. The van der Waals surface area contributed by atoms with Crippen LogP contribution in [-0.2, 0) is 14.8 Å². The van der Waals surface area contributed by atoms with Crippen molar-refractivity contribution in [3.63, 3.8) is 0 Å². The van der Waals surface area contributed by atoms with Crippen LogP contribution in [0.1, 0.15) is 35.6 Å². The molecule has 0 aliphatic rings. The van der Waals surface area contributed by atoms with Crippen molar-refractivity contribution in [2.24, 2.45) is 0 Å². The zero-order valence-electron chi connectivity index (χ0n) is 17.7. The molecule has 2 aromatic carbocycles. The Morgan fingerprint density at radius 3 is 2.16 bits per heavy atom. The Morgan fingerprint density at radius 2 is 1.58 bits per heavy atom. The second-order valence-electron chi connectivity index (χ2n) is 7.38. The van der Waals surface area contributed by atoms with Crippen molar-refractivity contribution >= 4 is 27.4 Å². The Hall–Kier alpha value is -3.30. The number of anilines is 1. The quantitative estimate of drug-likeness (QED) is 0.433. The van der Waals surface area contributed by atoms with Crippen LogP contribution in [0.5, 0.6) is 0 Å². The summed E-state index contributed by atoms with van der Waals surface area (Å²) in [6.07, 6.45) is 0. The van der Waals surface area contributed by atoms with E-state index in [2.05, 4.69) is 15.1 Å². The SMILES string of the molecule is Cc1nn(-c2ccccc2)c(C)c1C(=O)C(=O)Nc1ccc(S(=O)(=O)NC(C)C)cc1. The maximum Gasteiger partial charge on any atom is 0.296 e. The summed E-state index contributed by atoms with van der Waals surface area (Å²) in [7, 11) is -3.64. The molecular formula is C22H24N4O4S. The van der Waals surface area contributed by atoms with Crippen LogP contribution in [0.15, 0.2) is 59.5 Å². The molecule has 1 heterocycles. The number of carbonyl (C=O) groups is 2. The molecule has 8 nitrogen and oxygen atoms in total. The van der Waals surface area contributed by atoms with E-state index in [1.165, 1.54) is 24.3 Å². The van der Waals surface area contributed by atoms with Crippen molar-refractivity contribution in [3.8, 4) is 5.69 Å². The minimum absolute atomic E-state index is 0.0707. The number of sulfonamides is 1. The van der Waals surface area contributed by atoms with Gasteiger partial charge in [0.25, 0.3) is 11.7 Å². The van der Waals surface area contributed by atoms with Crippen LogP contribution in [0.3, 0.4) is 0 Å². The first-order chi connectivity index (χ1) is 14.6. The first-order valence-corrected chi connectivity index (χ1v) is 11.2. The van der Waals surface area contributed by atoms with Gasteiger partial charge in [-0.15, -0.1) is 0 Å². The highest BCUT2D eigenvalue weighted by molar-refractivity contribution is 7.89. The average Bonchev–Trinajstić information content (AvgIpc) is 3.01. The molecule has 0 atom stereocenters. The van der Waals surface area contributed by atoms with Gasteiger partial charge in [0.05, 0.1) is 27.5 Å². The van der Waals surface area contributed by atoms with E-state index < -0.39 is 21.7 Å². The first-order valence-electron chi connectivity index (χ1n) is 9.70. The Labute approximate surface area is 181 Å². The number of nitrogens with one attached hydrogen (secondary N) is 2. The van der Waals surface area contributed by atoms with Gasteiger partial charge in [-0.25, -0.2) is 17.8 Å². The molecular weight excluding hydrogens is 416 g/mol. The van der Waals surface area contributed by atoms with Gasteiger partial charge in [0.2, 0.25) is 10.0 Å². The zero-order valence-corrected chi connectivity index (χ0v) is 18.5. The second-order valence-corrected chi connectivity index (χ2v) is 9.09. The van der Waals surface area contributed by atoms with Gasteiger partial charge in [0.15, 0.2) is 0 Å². The third-order valence-corrected chi connectivity index (χ3v) is 6.21. The topological polar surface area (TPSA) is 110 Å². The summed E-state index contributed by atoms with van der Waals surface area (Å²) < 4.78 is 28.5. The number of ketones is 1. The van der Waals surface area contributed by atoms with Crippen LogP contribution in [0.2, 0.25) is 0 Å². The average molecular weight is 441 g/mol. The molecule has 0 saturated heterocycles. The molecule has 2 N–H and O–H groups in total. The van der Waals surface area contributed by atoms with E-state index in [1.54, 1.807) is 32.4 Å². The minimum atomic E-state index is -3.64. The number of aromatic nitrogens is 2. The van der Waals surface area contributed by atoms with Crippen LogP contribution in [-0.4, -0.2) is 35.9 Å². The Bertz CT molecular complexity index is 1210. The van der Waals surface area contributed by atoms with Crippen LogP contribution in [0.4, 0.5) is 5.69 Å². The zero-order chi connectivity index (χ0) is 22.8. The predicted molar refractivity (Wildman–Crippen MR) is 118 cm³/mol. The summed E-state index contributed by atoms with van der Waals surface area (Å²) >= 11 is 0. The molecule has 31 heavy (non-hydrogen) atoms. The summed E-state index contributed by atoms with van der Waals surface area (Å²) in [5.74, 6) is -1.54. The lowest BCUT2D eigenvalue weighted by molar-refractivity contribution is -0.112. The van der Waals surface area contributed by atoms with Gasteiger partial charge in [-0.05, 0) is 64.1 Å². The highest BCUT2D eigenvalue weighted by Crippen LogP contribution is 2.20. The normalized spacial score (nSPS) is 11.5. The second kappa shape index (κ2) is 8.83. The summed E-state index contributed by atoms with van der Waals surface area (Å²) in [6, 6.07) is 14.7. The van der Waals surface area contributed by atoms with Gasteiger partial charge in [0, 0.05) is 11.7 Å². The van der Waals surface area contributed by atoms with E-state index in [0.29, 0.717) is 17.1 Å². The Balaban J connectivity index is 1.79. The van der Waals surface area contributed by atoms with E-state index in [9.17, 15) is 18.0 Å². The molecule has 0 bridgehead atoms. The molecule has 3 rings (SSSR count). The fraction of sp³-hybridized carbons (Fsp3) is 0.227. The van der Waals surface area contributed by atoms with Crippen LogP contribution in [0.25, 0.3) is 5.69 Å². The minimum Gasteiger partial charge on any atom is -0.319 e. The van der Waals surface area contributed by atoms with Gasteiger partial charge in [-0.2, -0.15) is 5.10 Å². The number of amides is 1. The maximum absolute atomic E-state index is 12.8. The molecule has 9 heteroatoms. The van der Waals surface area contributed by atoms with E-state index in [-0.39, 0.29) is 16.5 Å². The van der Waals surface area contributed by atoms with Crippen molar-refractivity contribution in [2.75, 3.05) is 5.32 Å². The molecule has 0 unspecified atom stereocenters. The molecule has 0 aliphatic heterocycles. The smallest absolute Gasteiger partial charge is 0.296 e. The first kappa shape index (κ1) is 22.4. The van der Waals surface area contributed by atoms with Gasteiger partial charge < -0.3 is 5.32 Å². The van der Waals surface area contributed by atoms with Crippen molar-refractivity contribution in [3.05, 3.63) is 71.5 Å². The van der Waals surface area contributed by atoms with E-state index in [0.717, 1.165) is 5.69 Å². The summed E-state index contributed by atoms with van der Waals surface area (Å²) in [5.41, 5.74) is 2.34. The maximum atomic E-state index is 12.8. The molecule has 0 spiro atoms. The lowest BCUT2D eigenvalue weighted by Gasteiger charge is -2.10. The lowest BCUT2D eigenvalue weighted by atomic mass is 10.1. The van der Waals surface area contributed by atoms with Crippen molar-refractivity contribution < 1.29 is 18.0 Å². The van der Waals surface area contributed by atoms with E-state index in [4.69, 9.17) is 0 Å².